The molecule has 3 aromatic rings. The molecule has 2 aliphatic rings. The largest absolute Gasteiger partial charge is 0.368 e. The van der Waals surface area contributed by atoms with Crippen molar-refractivity contribution in [2.24, 2.45) is 5.92 Å². The van der Waals surface area contributed by atoms with Crippen LogP contribution in [-0.4, -0.2) is 27.4 Å². The van der Waals surface area contributed by atoms with E-state index in [1.807, 2.05) is 23.7 Å². The third-order valence-corrected chi connectivity index (χ3v) is 6.32. The monoisotopic (exact) mass is 391 g/mol. The van der Waals surface area contributed by atoms with E-state index in [1.165, 1.54) is 19.3 Å². The van der Waals surface area contributed by atoms with Crippen LogP contribution in [0.5, 0.6) is 0 Å². The Morgan fingerprint density at radius 3 is 3.04 bits per heavy atom. The summed E-state index contributed by atoms with van der Waals surface area (Å²) in [7, 11) is 0. The predicted molar refractivity (Wildman–Crippen MR) is 112 cm³/mol. The average molecular weight is 392 g/mol. The van der Waals surface area contributed by atoms with E-state index in [4.69, 9.17) is 4.98 Å². The minimum atomic E-state index is 0.105. The number of hydrogen-bond acceptors (Lipinski definition) is 5. The SMILES string of the molecule is O=C(CC1CCC1)Nc1csc(-c2cncc(C3=CCNc4[nH]ccc43)n2)c1. The van der Waals surface area contributed by atoms with Crippen molar-refractivity contribution in [2.75, 3.05) is 17.2 Å². The Morgan fingerprint density at radius 1 is 1.29 bits per heavy atom. The van der Waals surface area contributed by atoms with Crippen molar-refractivity contribution in [1.29, 1.82) is 0 Å². The van der Waals surface area contributed by atoms with Crippen molar-refractivity contribution < 1.29 is 4.79 Å². The van der Waals surface area contributed by atoms with Crippen molar-refractivity contribution in [2.45, 2.75) is 25.7 Å². The molecular formula is C21H21N5OS. The van der Waals surface area contributed by atoms with Gasteiger partial charge in [-0.25, -0.2) is 4.98 Å². The fourth-order valence-corrected chi connectivity index (χ4v) is 4.46. The lowest BCUT2D eigenvalue weighted by Crippen LogP contribution is -2.20. The quantitative estimate of drug-likeness (QED) is 0.597. The summed E-state index contributed by atoms with van der Waals surface area (Å²) in [4.78, 5) is 25.6. The number of fused-ring (bicyclic) bond motifs is 1. The highest BCUT2D eigenvalue weighted by Crippen LogP contribution is 2.34. The molecule has 7 heteroatoms. The Bertz CT molecular complexity index is 1050. The fraction of sp³-hybridized carbons (Fsp3) is 0.286. The number of carbonyl (C=O) groups is 1. The second kappa shape index (κ2) is 7.24. The van der Waals surface area contributed by atoms with E-state index in [2.05, 4.69) is 26.7 Å². The van der Waals surface area contributed by atoms with Gasteiger partial charge in [-0.15, -0.1) is 11.3 Å². The molecule has 0 saturated heterocycles. The van der Waals surface area contributed by atoms with E-state index >= 15 is 0 Å². The molecule has 3 aromatic heterocycles. The molecule has 1 amide bonds. The Labute approximate surface area is 167 Å². The first-order valence-corrected chi connectivity index (χ1v) is 10.5. The first-order valence-electron chi connectivity index (χ1n) is 9.59. The van der Waals surface area contributed by atoms with Gasteiger partial charge >= 0.3 is 0 Å². The highest BCUT2D eigenvalue weighted by molar-refractivity contribution is 7.14. The van der Waals surface area contributed by atoms with E-state index in [0.717, 1.165) is 45.5 Å². The third-order valence-electron chi connectivity index (χ3n) is 5.37. The van der Waals surface area contributed by atoms with Crippen LogP contribution in [0.3, 0.4) is 0 Å². The number of amides is 1. The molecule has 3 N–H and O–H groups in total. The lowest BCUT2D eigenvalue weighted by atomic mass is 9.83. The lowest BCUT2D eigenvalue weighted by molar-refractivity contribution is -0.117. The molecule has 0 bridgehead atoms. The Hall–Kier alpha value is -2.93. The maximum atomic E-state index is 12.2. The van der Waals surface area contributed by atoms with Crippen LogP contribution < -0.4 is 10.6 Å². The number of thiophene rings is 1. The van der Waals surface area contributed by atoms with E-state index in [1.54, 1.807) is 23.7 Å². The summed E-state index contributed by atoms with van der Waals surface area (Å²) in [6, 6.07) is 4.03. The number of carbonyl (C=O) groups excluding carboxylic acids is 1. The van der Waals surface area contributed by atoms with Crippen LogP contribution in [0.4, 0.5) is 11.5 Å². The van der Waals surface area contributed by atoms with Gasteiger partial charge in [0.2, 0.25) is 5.91 Å². The molecule has 4 heterocycles. The number of anilines is 2. The van der Waals surface area contributed by atoms with Crippen LogP contribution in [0.15, 0.2) is 42.2 Å². The molecule has 0 spiro atoms. The van der Waals surface area contributed by atoms with Gasteiger partial charge < -0.3 is 15.6 Å². The number of nitrogens with zero attached hydrogens (tertiary/aromatic N) is 2. The van der Waals surface area contributed by atoms with Crippen molar-refractivity contribution in [3.63, 3.8) is 0 Å². The van der Waals surface area contributed by atoms with E-state index < -0.39 is 0 Å². The summed E-state index contributed by atoms with van der Waals surface area (Å²) in [5.74, 6) is 1.68. The maximum Gasteiger partial charge on any atom is 0.224 e. The van der Waals surface area contributed by atoms with Crippen LogP contribution in [0, 0.1) is 5.92 Å². The maximum absolute atomic E-state index is 12.2. The van der Waals surface area contributed by atoms with Crippen molar-refractivity contribution >= 4 is 34.3 Å². The van der Waals surface area contributed by atoms with Gasteiger partial charge in [0.05, 0.1) is 34.3 Å². The molecule has 142 valence electrons. The highest BCUT2D eigenvalue weighted by atomic mass is 32.1. The summed E-state index contributed by atoms with van der Waals surface area (Å²) in [6.45, 7) is 0.755. The molecular weight excluding hydrogens is 370 g/mol. The zero-order valence-electron chi connectivity index (χ0n) is 15.4. The van der Waals surface area contributed by atoms with Gasteiger partial charge in [0.15, 0.2) is 0 Å². The minimum Gasteiger partial charge on any atom is -0.368 e. The average Bonchev–Trinajstić information content (AvgIpc) is 3.34. The molecule has 28 heavy (non-hydrogen) atoms. The summed E-state index contributed by atoms with van der Waals surface area (Å²) in [5.41, 5.74) is 4.69. The van der Waals surface area contributed by atoms with Gasteiger partial charge in [-0.2, -0.15) is 0 Å². The number of nitrogens with one attached hydrogen (secondary N) is 3. The minimum absolute atomic E-state index is 0.105. The highest BCUT2D eigenvalue weighted by Gasteiger charge is 2.21. The number of H-pyrrole nitrogens is 1. The van der Waals surface area contributed by atoms with Gasteiger partial charge in [-0.05, 0) is 30.9 Å². The molecule has 1 saturated carbocycles. The molecule has 1 aliphatic carbocycles. The Balaban J connectivity index is 1.35. The van der Waals surface area contributed by atoms with Crippen LogP contribution in [0.2, 0.25) is 0 Å². The molecule has 6 nitrogen and oxygen atoms in total. The lowest BCUT2D eigenvalue weighted by Gasteiger charge is -2.24. The normalized spacial score (nSPS) is 15.9. The van der Waals surface area contributed by atoms with E-state index in [0.29, 0.717) is 12.3 Å². The molecule has 1 fully saturated rings. The van der Waals surface area contributed by atoms with Crippen LogP contribution in [0.1, 0.15) is 36.9 Å². The number of hydrogen-bond donors (Lipinski definition) is 3. The molecule has 0 unspecified atom stereocenters. The molecule has 1 aliphatic heterocycles. The fourth-order valence-electron chi connectivity index (χ4n) is 3.67. The first kappa shape index (κ1) is 17.2. The van der Waals surface area contributed by atoms with Gasteiger partial charge in [0.1, 0.15) is 5.82 Å². The van der Waals surface area contributed by atoms with Gasteiger partial charge in [0.25, 0.3) is 0 Å². The third kappa shape index (κ3) is 3.33. The predicted octanol–water partition coefficient (Wildman–Crippen LogP) is 4.52. The summed E-state index contributed by atoms with van der Waals surface area (Å²) < 4.78 is 0. The Morgan fingerprint density at radius 2 is 2.18 bits per heavy atom. The number of rotatable bonds is 5. The van der Waals surface area contributed by atoms with Crippen LogP contribution in [-0.2, 0) is 4.79 Å². The zero-order valence-corrected chi connectivity index (χ0v) is 16.2. The van der Waals surface area contributed by atoms with Crippen molar-refractivity contribution in [3.05, 3.63) is 53.4 Å². The summed E-state index contributed by atoms with van der Waals surface area (Å²) >= 11 is 1.57. The van der Waals surface area contributed by atoms with Crippen LogP contribution >= 0.6 is 11.3 Å². The van der Waals surface area contributed by atoms with Crippen LogP contribution in [0.25, 0.3) is 16.1 Å². The van der Waals surface area contributed by atoms with Crippen molar-refractivity contribution in [1.82, 2.24) is 15.0 Å². The topological polar surface area (TPSA) is 82.7 Å². The second-order valence-corrected chi connectivity index (χ2v) is 8.21. The van der Waals surface area contributed by atoms with E-state index in [9.17, 15) is 4.79 Å². The molecule has 0 aromatic carbocycles. The van der Waals surface area contributed by atoms with Crippen molar-refractivity contribution in [3.8, 4) is 10.6 Å². The number of aromatic nitrogens is 3. The smallest absolute Gasteiger partial charge is 0.224 e. The summed E-state index contributed by atoms with van der Waals surface area (Å²) in [5, 5.41) is 8.30. The Kier molecular flexibility index (Phi) is 4.44. The number of aromatic amines is 1. The van der Waals surface area contributed by atoms with Gasteiger partial charge in [-0.3, -0.25) is 9.78 Å². The van der Waals surface area contributed by atoms with Gasteiger partial charge in [-0.1, -0.05) is 12.5 Å². The standard InChI is InChI=1S/C21H21N5OS/c27-20(8-13-2-1-3-13)25-14-9-19(28-12-14)18-11-22-10-17(26-18)15-4-6-23-21-16(15)5-7-24-21/h4-5,7,9-13,23-24H,1-3,6,8H2,(H,25,27). The summed E-state index contributed by atoms with van der Waals surface area (Å²) in [6.07, 6.45) is 11.9. The second-order valence-electron chi connectivity index (χ2n) is 7.30. The van der Waals surface area contributed by atoms with E-state index in [-0.39, 0.29) is 5.91 Å². The molecule has 0 atom stereocenters. The zero-order chi connectivity index (χ0) is 18.9. The molecule has 5 rings (SSSR count). The first-order chi connectivity index (χ1) is 13.8. The molecule has 0 radical (unpaired) electrons. The van der Waals surface area contributed by atoms with Gasteiger partial charge in [0, 0.05) is 35.7 Å².